The summed E-state index contributed by atoms with van der Waals surface area (Å²) in [5.41, 5.74) is 5.78. The van der Waals surface area contributed by atoms with E-state index in [0.29, 0.717) is 18.8 Å². The van der Waals surface area contributed by atoms with Crippen molar-refractivity contribution in [2.24, 2.45) is 5.73 Å². The highest BCUT2D eigenvalue weighted by molar-refractivity contribution is 5.92. The molecule has 1 atom stereocenters. The Labute approximate surface area is 86.9 Å². The Kier molecular flexibility index (Phi) is 2.55. The molecule has 0 saturated carbocycles. The summed E-state index contributed by atoms with van der Waals surface area (Å²) in [6.07, 6.45) is 0.822. The smallest absolute Gasteiger partial charge is 0.270 e. The molecule has 5 nitrogen and oxygen atoms in total. The molecular weight excluding hydrogens is 194 g/mol. The van der Waals surface area contributed by atoms with E-state index < -0.39 is 0 Å². The van der Waals surface area contributed by atoms with Gasteiger partial charge < -0.3 is 15.6 Å². The predicted molar refractivity (Wildman–Crippen MR) is 55.6 cm³/mol. The van der Waals surface area contributed by atoms with Crippen LogP contribution in [0.25, 0.3) is 0 Å². The van der Waals surface area contributed by atoms with Crippen LogP contribution in [0.1, 0.15) is 16.9 Å². The first-order valence-corrected chi connectivity index (χ1v) is 4.91. The number of nitrogens with two attached hydrogens (primary N) is 1. The van der Waals surface area contributed by atoms with Crippen LogP contribution in [0.5, 0.6) is 0 Å². The van der Waals surface area contributed by atoms with E-state index in [4.69, 9.17) is 5.73 Å². The van der Waals surface area contributed by atoms with Crippen LogP contribution in [-0.2, 0) is 0 Å². The molecule has 15 heavy (non-hydrogen) atoms. The Bertz CT molecular complexity index is 427. The zero-order chi connectivity index (χ0) is 10.8. The predicted octanol–water partition coefficient (Wildman–Crippen LogP) is -0.452. The standard InChI is InChI=1S/C10H13N3O2/c11-7-4-5-13(6-7)10(15)8-2-1-3-9(14)12-8/h1-3,7H,4-6,11H2,(H,12,14)/t7-/m1/s1. The summed E-state index contributed by atoms with van der Waals surface area (Å²) in [5.74, 6) is -0.152. The Morgan fingerprint density at radius 2 is 2.33 bits per heavy atom. The van der Waals surface area contributed by atoms with Crippen molar-refractivity contribution in [1.29, 1.82) is 0 Å². The van der Waals surface area contributed by atoms with Crippen LogP contribution in [0.3, 0.4) is 0 Å². The van der Waals surface area contributed by atoms with E-state index >= 15 is 0 Å². The zero-order valence-electron chi connectivity index (χ0n) is 8.27. The second-order valence-corrected chi connectivity index (χ2v) is 3.73. The molecule has 1 aromatic rings. The second-order valence-electron chi connectivity index (χ2n) is 3.73. The number of aromatic nitrogens is 1. The van der Waals surface area contributed by atoms with E-state index in [1.807, 2.05) is 0 Å². The Morgan fingerprint density at radius 1 is 1.53 bits per heavy atom. The van der Waals surface area contributed by atoms with E-state index in [0.717, 1.165) is 6.42 Å². The minimum Gasteiger partial charge on any atom is -0.336 e. The number of aromatic amines is 1. The third kappa shape index (κ3) is 2.07. The van der Waals surface area contributed by atoms with Crippen molar-refractivity contribution >= 4 is 5.91 Å². The summed E-state index contributed by atoms with van der Waals surface area (Å²) in [7, 11) is 0. The number of rotatable bonds is 1. The Hall–Kier alpha value is -1.62. The fourth-order valence-electron chi connectivity index (χ4n) is 1.71. The lowest BCUT2D eigenvalue weighted by molar-refractivity contribution is 0.0785. The largest absolute Gasteiger partial charge is 0.336 e. The monoisotopic (exact) mass is 207 g/mol. The second kappa shape index (κ2) is 3.86. The van der Waals surface area contributed by atoms with Crippen LogP contribution >= 0.6 is 0 Å². The number of H-pyrrole nitrogens is 1. The van der Waals surface area contributed by atoms with Crippen molar-refractivity contribution in [3.63, 3.8) is 0 Å². The lowest BCUT2D eigenvalue weighted by atomic mass is 10.3. The van der Waals surface area contributed by atoms with E-state index in [1.54, 1.807) is 17.0 Å². The molecule has 1 aliphatic rings. The summed E-state index contributed by atoms with van der Waals surface area (Å²) in [5, 5.41) is 0. The fourth-order valence-corrected chi connectivity index (χ4v) is 1.71. The molecule has 0 radical (unpaired) electrons. The summed E-state index contributed by atoms with van der Waals surface area (Å²) in [4.78, 5) is 27.0. The van der Waals surface area contributed by atoms with E-state index in [2.05, 4.69) is 4.98 Å². The van der Waals surface area contributed by atoms with E-state index in [1.165, 1.54) is 6.07 Å². The minimum atomic E-state index is -0.260. The molecule has 0 aromatic carbocycles. The number of hydrogen-bond donors (Lipinski definition) is 2. The zero-order valence-corrected chi connectivity index (χ0v) is 8.27. The number of likely N-dealkylation sites (tertiary alicyclic amines) is 1. The molecule has 1 aromatic heterocycles. The maximum atomic E-state index is 11.8. The Morgan fingerprint density at radius 3 is 2.93 bits per heavy atom. The molecule has 80 valence electrons. The van der Waals surface area contributed by atoms with Crippen molar-refractivity contribution in [2.45, 2.75) is 12.5 Å². The van der Waals surface area contributed by atoms with Gasteiger partial charge in [0.1, 0.15) is 5.69 Å². The van der Waals surface area contributed by atoms with Crippen LogP contribution < -0.4 is 11.3 Å². The molecule has 1 amide bonds. The fraction of sp³-hybridized carbons (Fsp3) is 0.400. The molecule has 2 heterocycles. The van der Waals surface area contributed by atoms with Crippen LogP contribution in [-0.4, -0.2) is 34.9 Å². The quantitative estimate of drug-likeness (QED) is 0.654. The number of pyridine rings is 1. The van der Waals surface area contributed by atoms with Gasteiger partial charge in [0.25, 0.3) is 5.91 Å². The van der Waals surface area contributed by atoms with Gasteiger partial charge in [0, 0.05) is 25.2 Å². The van der Waals surface area contributed by atoms with Gasteiger partial charge in [0.15, 0.2) is 0 Å². The Balaban J connectivity index is 2.18. The lowest BCUT2D eigenvalue weighted by Crippen LogP contribution is -2.33. The van der Waals surface area contributed by atoms with Crippen molar-refractivity contribution in [3.8, 4) is 0 Å². The van der Waals surface area contributed by atoms with Crippen molar-refractivity contribution < 1.29 is 4.79 Å². The highest BCUT2D eigenvalue weighted by Crippen LogP contribution is 2.09. The van der Waals surface area contributed by atoms with Gasteiger partial charge in [0.2, 0.25) is 5.56 Å². The topological polar surface area (TPSA) is 79.2 Å². The van der Waals surface area contributed by atoms with Gasteiger partial charge in [-0.1, -0.05) is 6.07 Å². The number of carbonyl (C=O) groups excluding carboxylic acids is 1. The third-order valence-electron chi connectivity index (χ3n) is 2.51. The molecule has 0 spiro atoms. The van der Waals surface area contributed by atoms with Crippen molar-refractivity contribution in [1.82, 2.24) is 9.88 Å². The first-order chi connectivity index (χ1) is 7.16. The van der Waals surface area contributed by atoms with Gasteiger partial charge in [-0.15, -0.1) is 0 Å². The molecule has 1 saturated heterocycles. The summed E-state index contributed by atoms with van der Waals surface area (Å²) in [6.45, 7) is 1.23. The number of nitrogens with one attached hydrogen (secondary N) is 1. The van der Waals surface area contributed by atoms with Gasteiger partial charge in [-0.3, -0.25) is 9.59 Å². The molecule has 1 aliphatic heterocycles. The van der Waals surface area contributed by atoms with Crippen LogP contribution in [0, 0.1) is 0 Å². The molecule has 2 rings (SSSR count). The first kappa shape index (κ1) is 9.92. The van der Waals surface area contributed by atoms with E-state index in [9.17, 15) is 9.59 Å². The van der Waals surface area contributed by atoms with Crippen molar-refractivity contribution in [2.75, 3.05) is 13.1 Å². The summed E-state index contributed by atoms with van der Waals surface area (Å²) in [6, 6.07) is 4.62. The number of hydrogen-bond acceptors (Lipinski definition) is 3. The average molecular weight is 207 g/mol. The van der Waals surface area contributed by atoms with Gasteiger partial charge in [-0.25, -0.2) is 0 Å². The molecule has 0 aliphatic carbocycles. The normalized spacial score (nSPS) is 20.6. The molecule has 1 fully saturated rings. The molecule has 0 unspecified atom stereocenters. The summed E-state index contributed by atoms with van der Waals surface area (Å²) >= 11 is 0. The molecule has 3 N–H and O–H groups in total. The van der Waals surface area contributed by atoms with Gasteiger partial charge in [0.05, 0.1) is 0 Å². The highest BCUT2D eigenvalue weighted by Gasteiger charge is 2.24. The minimum absolute atomic E-state index is 0.0596. The van der Waals surface area contributed by atoms with Gasteiger partial charge in [-0.05, 0) is 12.5 Å². The van der Waals surface area contributed by atoms with Gasteiger partial charge in [-0.2, -0.15) is 0 Å². The molecule has 5 heteroatoms. The van der Waals surface area contributed by atoms with Crippen LogP contribution in [0.15, 0.2) is 23.0 Å². The van der Waals surface area contributed by atoms with Crippen LogP contribution in [0.2, 0.25) is 0 Å². The first-order valence-electron chi connectivity index (χ1n) is 4.91. The van der Waals surface area contributed by atoms with Gasteiger partial charge >= 0.3 is 0 Å². The molecule has 0 bridgehead atoms. The third-order valence-corrected chi connectivity index (χ3v) is 2.51. The average Bonchev–Trinajstić information content (AvgIpc) is 2.64. The maximum absolute atomic E-state index is 11.8. The number of carbonyl (C=O) groups is 1. The number of amides is 1. The van der Waals surface area contributed by atoms with Crippen LogP contribution in [0.4, 0.5) is 0 Å². The molecular formula is C10H13N3O2. The lowest BCUT2D eigenvalue weighted by Gasteiger charge is -2.14. The summed E-state index contributed by atoms with van der Waals surface area (Å²) < 4.78 is 0. The highest BCUT2D eigenvalue weighted by atomic mass is 16.2. The number of nitrogens with zero attached hydrogens (tertiary/aromatic N) is 1. The van der Waals surface area contributed by atoms with Crippen molar-refractivity contribution in [3.05, 3.63) is 34.2 Å². The SMILES string of the molecule is N[C@@H]1CCN(C(=O)c2cccc(=O)[nH]2)C1. The maximum Gasteiger partial charge on any atom is 0.270 e. The van der Waals surface area contributed by atoms with E-state index in [-0.39, 0.29) is 17.5 Å².